The first-order chi connectivity index (χ1) is 14.5. The van der Waals surface area contributed by atoms with E-state index < -0.39 is 0 Å². The molecule has 0 fully saturated rings. The van der Waals surface area contributed by atoms with Crippen LogP contribution in [0, 0.1) is 13.8 Å². The zero-order chi connectivity index (χ0) is 20.8. The number of aromatic nitrogens is 5. The summed E-state index contributed by atoms with van der Waals surface area (Å²) in [5.41, 5.74) is 6.92. The molecule has 1 N–H and O–H groups in total. The molecule has 4 heterocycles. The van der Waals surface area contributed by atoms with Crippen LogP contribution in [0.25, 0.3) is 17.1 Å². The Bertz CT molecular complexity index is 1240. The van der Waals surface area contributed by atoms with E-state index in [1.807, 2.05) is 42.2 Å². The Labute approximate surface area is 174 Å². The first kappa shape index (κ1) is 18.3. The van der Waals surface area contributed by atoms with E-state index in [1.54, 1.807) is 17.1 Å². The second-order valence-corrected chi connectivity index (χ2v) is 7.72. The highest BCUT2D eigenvalue weighted by Gasteiger charge is 2.35. The van der Waals surface area contributed by atoms with Gasteiger partial charge in [0.1, 0.15) is 11.5 Å². The summed E-state index contributed by atoms with van der Waals surface area (Å²) in [7, 11) is 1.85. The zero-order valence-corrected chi connectivity index (χ0v) is 17.1. The first-order valence-corrected chi connectivity index (χ1v) is 9.92. The Hall–Kier alpha value is -3.74. The van der Waals surface area contributed by atoms with Crippen LogP contribution < -0.4 is 5.32 Å². The summed E-state index contributed by atoms with van der Waals surface area (Å²) < 4.78 is 3.62. The van der Waals surface area contributed by atoms with Crippen LogP contribution in [-0.4, -0.2) is 30.5 Å². The minimum atomic E-state index is -0.155. The Morgan fingerprint density at radius 1 is 1.13 bits per heavy atom. The van der Waals surface area contributed by atoms with Crippen molar-refractivity contribution in [1.82, 2.24) is 24.5 Å². The molecule has 0 radical (unpaired) electrons. The fourth-order valence-electron chi connectivity index (χ4n) is 4.42. The van der Waals surface area contributed by atoms with E-state index in [0.29, 0.717) is 6.42 Å². The SMILES string of the molecule is Cc1cc(C)c(-n2cccn2)c(C2CC(=O)Nc3c2c(-c2ccccn2)nn3C)c1. The molecule has 5 rings (SSSR count). The van der Waals surface area contributed by atoms with E-state index in [9.17, 15) is 4.79 Å². The van der Waals surface area contributed by atoms with E-state index in [4.69, 9.17) is 5.10 Å². The number of aryl methyl sites for hydroxylation is 3. The van der Waals surface area contributed by atoms with Crippen molar-refractivity contribution in [2.45, 2.75) is 26.2 Å². The lowest BCUT2D eigenvalue weighted by molar-refractivity contribution is -0.116. The normalized spacial score (nSPS) is 15.7. The van der Waals surface area contributed by atoms with E-state index in [-0.39, 0.29) is 11.8 Å². The van der Waals surface area contributed by atoms with Crippen LogP contribution in [0.15, 0.2) is 55.0 Å². The van der Waals surface area contributed by atoms with Crippen LogP contribution in [0.4, 0.5) is 5.82 Å². The van der Waals surface area contributed by atoms with Crippen LogP contribution in [0.1, 0.15) is 34.6 Å². The second kappa shape index (κ2) is 6.95. The highest BCUT2D eigenvalue weighted by atomic mass is 16.1. The van der Waals surface area contributed by atoms with Gasteiger partial charge in [-0.2, -0.15) is 10.2 Å². The Balaban J connectivity index is 1.79. The van der Waals surface area contributed by atoms with Gasteiger partial charge in [-0.15, -0.1) is 0 Å². The maximum Gasteiger partial charge on any atom is 0.226 e. The molecule has 7 heteroatoms. The number of hydrogen-bond donors (Lipinski definition) is 1. The number of benzene rings is 1. The lowest BCUT2D eigenvalue weighted by Crippen LogP contribution is -2.25. The van der Waals surface area contributed by atoms with E-state index in [1.165, 1.54) is 0 Å². The summed E-state index contributed by atoms with van der Waals surface area (Å²) in [6.07, 6.45) is 5.81. The molecule has 0 spiro atoms. The fourth-order valence-corrected chi connectivity index (χ4v) is 4.42. The number of carbonyl (C=O) groups excluding carboxylic acids is 1. The molecule has 0 saturated carbocycles. The summed E-state index contributed by atoms with van der Waals surface area (Å²) in [4.78, 5) is 17.2. The number of anilines is 1. The van der Waals surface area contributed by atoms with Gasteiger partial charge in [0.15, 0.2) is 0 Å². The van der Waals surface area contributed by atoms with Crippen LogP contribution in [0.5, 0.6) is 0 Å². The molecule has 3 aromatic heterocycles. The summed E-state index contributed by atoms with van der Waals surface area (Å²) in [5, 5.41) is 12.2. The van der Waals surface area contributed by atoms with Gasteiger partial charge in [-0.1, -0.05) is 23.8 Å². The lowest BCUT2D eigenvalue weighted by atomic mass is 9.82. The number of hydrogen-bond acceptors (Lipinski definition) is 4. The molecule has 150 valence electrons. The lowest BCUT2D eigenvalue weighted by Gasteiger charge is -2.27. The predicted octanol–water partition coefficient (Wildman–Crippen LogP) is 3.76. The largest absolute Gasteiger partial charge is 0.311 e. The van der Waals surface area contributed by atoms with Gasteiger partial charge in [0.2, 0.25) is 5.91 Å². The van der Waals surface area contributed by atoms with Crippen molar-refractivity contribution in [3.05, 3.63) is 77.2 Å². The van der Waals surface area contributed by atoms with Gasteiger partial charge in [0.05, 0.1) is 11.4 Å². The van der Waals surface area contributed by atoms with Crippen molar-refractivity contribution < 1.29 is 4.79 Å². The van der Waals surface area contributed by atoms with Crippen molar-refractivity contribution in [2.24, 2.45) is 7.05 Å². The molecule has 1 atom stereocenters. The number of nitrogens with one attached hydrogen (secondary N) is 1. The summed E-state index contributed by atoms with van der Waals surface area (Å²) in [5.74, 6) is 0.549. The number of fused-ring (bicyclic) bond motifs is 1. The quantitative estimate of drug-likeness (QED) is 0.570. The van der Waals surface area contributed by atoms with Gasteiger partial charge in [0, 0.05) is 43.5 Å². The molecule has 30 heavy (non-hydrogen) atoms. The Kier molecular flexibility index (Phi) is 4.24. The van der Waals surface area contributed by atoms with Crippen LogP contribution >= 0.6 is 0 Å². The molecule has 0 aliphatic carbocycles. The van der Waals surface area contributed by atoms with Gasteiger partial charge in [-0.25, -0.2) is 4.68 Å². The standard InChI is InChI=1S/C23H22N6O/c1-14-11-15(2)22(29-10-6-9-25-29)17(12-14)16-13-19(30)26-23-20(16)21(27-28(23)3)18-7-4-5-8-24-18/h4-12,16H,13H2,1-3H3,(H,26,30). The molecule has 1 aliphatic rings. The average Bonchev–Trinajstić information content (AvgIpc) is 3.36. The molecular weight excluding hydrogens is 376 g/mol. The van der Waals surface area contributed by atoms with Crippen molar-refractivity contribution in [1.29, 1.82) is 0 Å². The first-order valence-electron chi connectivity index (χ1n) is 9.92. The number of carbonyl (C=O) groups is 1. The smallest absolute Gasteiger partial charge is 0.226 e. The summed E-state index contributed by atoms with van der Waals surface area (Å²) in [6.45, 7) is 4.16. The molecule has 7 nitrogen and oxygen atoms in total. The molecule has 1 amide bonds. The highest BCUT2D eigenvalue weighted by molar-refractivity contribution is 5.96. The second-order valence-electron chi connectivity index (χ2n) is 7.72. The topological polar surface area (TPSA) is 77.6 Å². The van der Waals surface area contributed by atoms with Crippen LogP contribution in [-0.2, 0) is 11.8 Å². The summed E-state index contributed by atoms with van der Waals surface area (Å²) in [6, 6.07) is 12.0. The van der Waals surface area contributed by atoms with Gasteiger partial charge in [0.25, 0.3) is 0 Å². The molecular formula is C23H22N6O. The third-order valence-electron chi connectivity index (χ3n) is 5.57. The third-order valence-corrected chi connectivity index (χ3v) is 5.57. The van der Waals surface area contributed by atoms with E-state index in [0.717, 1.165) is 45.1 Å². The summed E-state index contributed by atoms with van der Waals surface area (Å²) >= 11 is 0. The maximum atomic E-state index is 12.7. The van der Waals surface area contributed by atoms with Gasteiger partial charge >= 0.3 is 0 Å². The van der Waals surface area contributed by atoms with Crippen LogP contribution in [0.3, 0.4) is 0 Å². The maximum absolute atomic E-state index is 12.7. The van der Waals surface area contributed by atoms with Crippen molar-refractivity contribution in [3.8, 4) is 17.1 Å². The minimum Gasteiger partial charge on any atom is -0.311 e. The average molecular weight is 398 g/mol. The van der Waals surface area contributed by atoms with Crippen LogP contribution in [0.2, 0.25) is 0 Å². The van der Waals surface area contributed by atoms with E-state index >= 15 is 0 Å². The minimum absolute atomic E-state index is 0.0198. The molecule has 0 saturated heterocycles. The molecule has 4 aromatic rings. The van der Waals surface area contributed by atoms with Crippen molar-refractivity contribution >= 4 is 11.7 Å². The predicted molar refractivity (Wildman–Crippen MR) is 115 cm³/mol. The molecule has 1 aromatic carbocycles. The van der Waals surface area contributed by atoms with Gasteiger partial charge in [-0.05, 0) is 43.2 Å². The Morgan fingerprint density at radius 3 is 2.73 bits per heavy atom. The molecule has 1 unspecified atom stereocenters. The monoisotopic (exact) mass is 398 g/mol. The van der Waals surface area contributed by atoms with Gasteiger partial charge < -0.3 is 5.32 Å². The highest BCUT2D eigenvalue weighted by Crippen LogP contribution is 2.44. The number of amides is 1. The number of rotatable bonds is 3. The number of nitrogens with zero attached hydrogens (tertiary/aromatic N) is 5. The zero-order valence-electron chi connectivity index (χ0n) is 17.1. The van der Waals surface area contributed by atoms with Crippen molar-refractivity contribution in [3.63, 3.8) is 0 Å². The van der Waals surface area contributed by atoms with E-state index in [2.05, 4.69) is 41.4 Å². The molecule has 0 bridgehead atoms. The molecule has 1 aliphatic heterocycles. The Morgan fingerprint density at radius 2 is 2.00 bits per heavy atom. The van der Waals surface area contributed by atoms with Gasteiger partial charge in [-0.3, -0.25) is 14.5 Å². The third kappa shape index (κ3) is 2.90. The van der Waals surface area contributed by atoms with Crippen molar-refractivity contribution in [2.75, 3.05) is 5.32 Å². The fraction of sp³-hybridized carbons (Fsp3) is 0.217. The number of pyridine rings is 1.